The molecular formula is C22H17FN4OS. The second-order valence-electron chi connectivity index (χ2n) is 6.22. The lowest BCUT2D eigenvalue weighted by molar-refractivity contribution is -0.115. The van der Waals surface area contributed by atoms with Crippen LogP contribution in [0.25, 0.3) is 5.69 Å². The summed E-state index contributed by atoms with van der Waals surface area (Å²) in [5.41, 5.74) is 2.27. The lowest BCUT2D eigenvalue weighted by Gasteiger charge is -2.17. The highest BCUT2D eigenvalue weighted by Gasteiger charge is 2.25. The van der Waals surface area contributed by atoms with E-state index in [9.17, 15) is 9.18 Å². The van der Waals surface area contributed by atoms with Gasteiger partial charge in [-0.15, -0.1) is 10.2 Å². The average molecular weight is 404 g/mol. The van der Waals surface area contributed by atoms with Crippen LogP contribution in [0.4, 0.5) is 10.1 Å². The predicted molar refractivity (Wildman–Crippen MR) is 111 cm³/mol. The van der Waals surface area contributed by atoms with Gasteiger partial charge < -0.3 is 5.32 Å². The number of amides is 1. The van der Waals surface area contributed by atoms with Crippen LogP contribution in [0.5, 0.6) is 0 Å². The fourth-order valence-electron chi connectivity index (χ4n) is 2.82. The molecule has 5 nitrogen and oxygen atoms in total. The molecule has 0 saturated carbocycles. The lowest BCUT2D eigenvalue weighted by atomic mass is 10.1. The normalized spacial score (nSPS) is 11.8. The largest absolute Gasteiger partial charge is 0.325 e. The number of hydrogen-bond donors (Lipinski definition) is 1. The van der Waals surface area contributed by atoms with Crippen molar-refractivity contribution in [3.05, 3.63) is 103 Å². The molecule has 0 fully saturated rings. The van der Waals surface area contributed by atoms with Crippen molar-refractivity contribution in [2.75, 3.05) is 5.32 Å². The average Bonchev–Trinajstić information content (AvgIpc) is 3.23. The Kier molecular flexibility index (Phi) is 5.67. The first-order valence-corrected chi connectivity index (χ1v) is 9.82. The summed E-state index contributed by atoms with van der Waals surface area (Å²) in [5.74, 6) is -0.580. The Morgan fingerprint density at radius 3 is 2.28 bits per heavy atom. The minimum atomic E-state index is -0.562. The van der Waals surface area contributed by atoms with Crippen molar-refractivity contribution in [2.45, 2.75) is 10.4 Å². The van der Waals surface area contributed by atoms with Gasteiger partial charge in [-0.1, -0.05) is 60.3 Å². The number of anilines is 1. The SMILES string of the molecule is O=C(Nc1ccc(F)cc1)[C@@H](Sc1nncn1-c1ccccc1)c1ccccc1. The molecule has 0 bridgehead atoms. The third kappa shape index (κ3) is 4.52. The van der Waals surface area contributed by atoms with Gasteiger partial charge in [-0.3, -0.25) is 9.36 Å². The summed E-state index contributed by atoms with van der Waals surface area (Å²) in [5, 5.41) is 11.1. The fourth-order valence-corrected chi connectivity index (χ4v) is 3.85. The molecule has 1 N–H and O–H groups in total. The fraction of sp³-hybridized carbons (Fsp3) is 0.0455. The standard InChI is InChI=1S/C22H17FN4OS/c23-17-11-13-18(14-12-17)25-21(28)20(16-7-3-1-4-8-16)29-22-26-24-15-27(22)19-9-5-2-6-10-19/h1-15,20H,(H,25,28)/t20-/m0/s1. The van der Waals surface area contributed by atoms with Gasteiger partial charge in [0, 0.05) is 11.4 Å². The van der Waals surface area contributed by atoms with E-state index in [0.29, 0.717) is 10.8 Å². The van der Waals surface area contributed by atoms with Crippen LogP contribution < -0.4 is 5.32 Å². The molecule has 0 unspecified atom stereocenters. The van der Waals surface area contributed by atoms with Gasteiger partial charge in [-0.2, -0.15) is 0 Å². The Bertz CT molecular complexity index is 1080. The monoisotopic (exact) mass is 404 g/mol. The molecule has 1 atom stereocenters. The zero-order valence-corrected chi connectivity index (χ0v) is 16.1. The molecule has 0 radical (unpaired) electrons. The van der Waals surface area contributed by atoms with Crippen molar-refractivity contribution in [3.63, 3.8) is 0 Å². The smallest absolute Gasteiger partial charge is 0.242 e. The van der Waals surface area contributed by atoms with Gasteiger partial charge in [0.25, 0.3) is 0 Å². The van der Waals surface area contributed by atoms with Gasteiger partial charge >= 0.3 is 0 Å². The Labute approximate surface area is 171 Å². The van der Waals surface area contributed by atoms with Crippen LogP contribution in [0.1, 0.15) is 10.8 Å². The molecule has 1 heterocycles. The van der Waals surface area contributed by atoms with Crippen molar-refractivity contribution in [3.8, 4) is 5.69 Å². The molecule has 0 spiro atoms. The Balaban J connectivity index is 1.63. The van der Waals surface area contributed by atoms with E-state index in [2.05, 4.69) is 15.5 Å². The zero-order chi connectivity index (χ0) is 20.1. The van der Waals surface area contributed by atoms with E-state index in [-0.39, 0.29) is 11.7 Å². The number of aromatic nitrogens is 3. The summed E-state index contributed by atoms with van der Waals surface area (Å²) in [6.07, 6.45) is 1.62. The summed E-state index contributed by atoms with van der Waals surface area (Å²) in [7, 11) is 0. The number of carbonyl (C=O) groups excluding carboxylic acids is 1. The molecule has 1 aromatic heterocycles. The molecule has 144 valence electrons. The summed E-state index contributed by atoms with van der Waals surface area (Å²) in [4.78, 5) is 13.1. The molecule has 7 heteroatoms. The number of carbonyl (C=O) groups is 1. The second kappa shape index (κ2) is 8.70. The number of nitrogens with zero attached hydrogens (tertiary/aromatic N) is 3. The Hall–Kier alpha value is -3.45. The van der Waals surface area contributed by atoms with Crippen LogP contribution in [0.15, 0.2) is 96.4 Å². The van der Waals surface area contributed by atoms with Crippen LogP contribution in [-0.4, -0.2) is 20.7 Å². The topological polar surface area (TPSA) is 59.8 Å². The summed E-state index contributed by atoms with van der Waals surface area (Å²) < 4.78 is 15.0. The summed E-state index contributed by atoms with van der Waals surface area (Å²) >= 11 is 1.30. The highest BCUT2D eigenvalue weighted by atomic mass is 32.2. The van der Waals surface area contributed by atoms with Gasteiger partial charge in [-0.25, -0.2) is 4.39 Å². The van der Waals surface area contributed by atoms with Crippen LogP contribution in [0.3, 0.4) is 0 Å². The van der Waals surface area contributed by atoms with Crippen molar-refractivity contribution < 1.29 is 9.18 Å². The van der Waals surface area contributed by atoms with Crippen molar-refractivity contribution in [2.24, 2.45) is 0 Å². The van der Waals surface area contributed by atoms with E-state index in [1.807, 2.05) is 65.2 Å². The van der Waals surface area contributed by atoms with E-state index in [1.165, 1.54) is 36.0 Å². The van der Waals surface area contributed by atoms with E-state index in [0.717, 1.165) is 11.3 Å². The van der Waals surface area contributed by atoms with Crippen LogP contribution in [0, 0.1) is 5.82 Å². The molecule has 1 amide bonds. The van der Waals surface area contributed by atoms with Gasteiger partial charge in [0.1, 0.15) is 17.4 Å². The first kappa shape index (κ1) is 18.9. The van der Waals surface area contributed by atoms with Crippen LogP contribution >= 0.6 is 11.8 Å². The van der Waals surface area contributed by atoms with Gasteiger partial charge in [0.2, 0.25) is 5.91 Å². The first-order valence-electron chi connectivity index (χ1n) is 8.94. The van der Waals surface area contributed by atoms with E-state index < -0.39 is 5.25 Å². The molecule has 0 saturated heterocycles. The summed E-state index contributed by atoms with van der Waals surface area (Å²) in [6, 6.07) is 24.8. The molecule has 0 aliphatic heterocycles. The maximum Gasteiger partial charge on any atom is 0.242 e. The quantitative estimate of drug-likeness (QED) is 0.466. The van der Waals surface area contributed by atoms with Crippen molar-refractivity contribution in [1.29, 1.82) is 0 Å². The number of hydrogen-bond acceptors (Lipinski definition) is 4. The Morgan fingerprint density at radius 1 is 0.931 bits per heavy atom. The molecule has 3 aromatic carbocycles. The van der Waals surface area contributed by atoms with E-state index >= 15 is 0 Å². The lowest BCUT2D eigenvalue weighted by Crippen LogP contribution is -2.19. The minimum Gasteiger partial charge on any atom is -0.325 e. The number of thioether (sulfide) groups is 1. The number of halogens is 1. The zero-order valence-electron chi connectivity index (χ0n) is 15.3. The third-order valence-corrected chi connectivity index (χ3v) is 5.44. The highest BCUT2D eigenvalue weighted by molar-refractivity contribution is 8.00. The molecule has 4 rings (SSSR count). The minimum absolute atomic E-state index is 0.226. The van der Waals surface area contributed by atoms with Crippen LogP contribution in [-0.2, 0) is 4.79 Å². The Morgan fingerprint density at radius 2 is 1.59 bits per heavy atom. The number of para-hydroxylation sites is 1. The van der Waals surface area contributed by atoms with Crippen LogP contribution in [0.2, 0.25) is 0 Å². The summed E-state index contributed by atoms with van der Waals surface area (Å²) in [6.45, 7) is 0. The second-order valence-corrected chi connectivity index (χ2v) is 7.30. The highest BCUT2D eigenvalue weighted by Crippen LogP contribution is 2.36. The number of rotatable bonds is 6. The van der Waals surface area contributed by atoms with E-state index in [1.54, 1.807) is 6.33 Å². The number of benzene rings is 3. The number of nitrogens with one attached hydrogen (secondary N) is 1. The third-order valence-electron chi connectivity index (χ3n) is 4.23. The van der Waals surface area contributed by atoms with Crippen molar-refractivity contribution in [1.82, 2.24) is 14.8 Å². The maximum absolute atomic E-state index is 13.2. The molecule has 4 aromatic rings. The first-order chi connectivity index (χ1) is 14.2. The predicted octanol–water partition coefficient (Wildman–Crippen LogP) is 4.88. The molecular weight excluding hydrogens is 387 g/mol. The van der Waals surface area contributed by atoms with Gasteiger partial charge in [0.15, 0.2) is 5.16 Å². The molecule has 29 heavy (non-hydrogen) atoms. The molecule has 0 aliphatic carbocycles. The van der Waals surface area contributed by atoms with Crippen molar-refractivity contribution >= 4 is 23.4 Å². The van der Waals surface area contributed by atoms with Gasteiger partial charge in [-0.05, 0) is 42.0 Å². The van der Waals surface area contributed by atoms with E-state index in [4.69, 9.17) is 0 Å². The van der Waals surface area contributed by atoms with Gasteiger partial charge in [0.05, 0.1) is 0 Å². The molecule has 0 aliphatic rings. The maximum atomic E-state index is 13.2.